The quantitative estimate of drug-likeness (QED) is 0.780. The third-order valence-electron chi connectivity index (χ3n) is 6.30. The largest absolute Gasteiger partial charge is 0.380 e. The van der Waals surface area contributed by atoms with Crippen LogP contribution in [0.4, 0.5) is 0 Å². The number of ether oxygens (including phenoxy) is 1. The first-order valence-electron chi connectivity index (χ1n) is 9.22. The number of rotatable bonds is 5. The fraction of sp³-hybridized carbons (Fsp3) is 0.944. The molecule has 0 unspecified atom stereocenters. The van der Waals surface area contributed by atoms with E-state index in [4.69, 9.17) is 4.74 Å². The maximum Gasteiger partial charge on any atom is 0.225 e. The Bertz CT molecular complexity index is 423. The van der Waals surface area contributed by atoms with E-state index in [1.54, 1.807) is 0 Å². The second kappa shape index (κ2) is 5.79. The maximum atomic E-state index is 12.2. The molecule has 1 spiro atoms. The Hall–Kier alpha value is -0.610. The van der Waals surface area contributed by atoms with Crippen LogP contribution in [-0.4, -0.2) is 61.6 Å². The molecule has 2 saturated carbocycles. The van der Waals surface area contributed by atoms with Gasteiger partial charge in [-0.2, -0.15) is 0 Å². The molecule has 4 rings (SSSR count). The Morgan fingerprint density at radius 2 is 1.86 bits per heavy atom. The zero-order valence-electron chi connectivity index (χ0n) is 13.9. The molecule has 0 aromatic rings. The van der Waals surface area contributed by atoms with Gasteiger partial charge in [-0.25, -0.2) is 0 Å². The van der Waals surface area contributed by atoms with E-state index >= 15 is 0 Å². The molecule has 4 fully saturated rings. The molecule has 0 aromatic heterocycles. The van der Waals surface area contributed by atoms with E-state index < -0.39 is 0 Å². The highest BCUT2D eigenvalue weighted by Gasteiger charge is 2.46. The molecule has 4 aliphatic rings. The first-order chi connectivity index (χ1) is 10.7. The van der Waals surface area contributed by atoms with Crippen LogP contribution in [0.5, 0.6) is 0 Å². The average Bonchev–Trinajstić information content (AvgIpc) is 3.40. The molecule has 22 heavy (non-hydrogen) atoms. The molecule has 2 saturated heterocycles. The summed E-state index contributed by atoms with van der Waals surface area (Å²) < 4.78 is 5.94. The van der Waals surface area contributed by atoms with Crippen LogP contribution in [0.15, 0.2) is 0 Å². The molecule has 0 aromatic carbocycles. The van der Waals surface area contributed by atoms with Crippen molar-refractivity contribution in [3.05, 3.63) is 0 Å². The number of amides is 1. The number of nitrogens with zero attached hydrogens (tertiary/aromatic N) is 2. The summed E-state index contributed by atoms with van der Waals surface area (Å²) in [6.45, 7) is 5.04. The predicted molar refractivity (Wildman–Crippen MR) is 85.5 cm³/mol. The fourth-order valence-electron chi connectivity index (χ4n) is 4.37. The summed E-state index contributed by atoms with van der Waals surface area (Å²) in [6, 6.07) is 0.587. The Balaban J connectivity index is 1.26. The summed E-state index contributed by atoms with van der Waals surface area (Å²) in [6.07, 6.45) is 8.64. The van der Waals surface area contributed by atoms with Gasteiger partial charge in [-0.3, -0.25) is 4.79 Å². The highest BCUT2D eigenvalue weighted by molar-refractivity contribution is 5.81. The van der Waals surface area contributed by atoms with Crippen LogP contribution in [0.25, 0.3) is 0 Å². The van der Waals surface area contributed by atoms with Gasteiger partial charge in [-0.05, 0) is 63.3 Å². The van der Waals surface area contributed by atoms with Crippen molar-refractivity contribution in [2.24, 2.45) is 17.3 Å². The second-order valence-corrected chi connectivity index (χ2v) is 8.35. The second-order valence-electron chi connectivity index (χ2n) is 8.35. The van der Waals surface area contributed by atoms with Gasteiger partial charge in [0.2, 0.25) is 5.91 Å². The molecule has 0 bridgehead atoms. The minimum absolute atomic E-state index is 0.379. The Morgan fingerprint density at radius 3 is 2.50 bits per heavy atom. The Morgan fingerprint density at radius 1 is 1.14 bits per heavy atom. The van der Waals surface area contributed by atoms with Crippen LogP contribution in [0.1, 0.15) is 44.9 Å². The molecular weight excluding hydrogens is 276 g/mol. The normalized spacial score (nSPS) is 31.9. The molecule has 124 valence electrons. The highest BCUT2D eigenvalue weighted by Crippen LogP contribution is 2.44. The molecule has 4 nitrogen and oxygen atoms in total. The number of carbonyl (C=O) groups excluding carboxylic acids is 1. The van der Waals surface area contributed by atoms with Crippen molar-refractivity contribution in [2.45, 2.75) is 51.0 Å². The molecule has 4 heteroatoms. The number of hydrogen-bond donors (Lipinski definition) is 0. The Kier molecular flexibility index (Phi) is 3.93. The zero-order chi connectivity index (χ0) is 15.2. The summed E-state index contributed by atoms with van der Waals surface area (Å²) in [4.78, 5) is 16.8. The summed E-state index contributed by atoms with van der Waals surface area (Å²) in [7, 11) is 2.25. The number of hydrogen-bond acceptors (Lipinski definition) is 3. The lowest BCUT2D eigenvalue weighted by Gasteiger charge is -2.39. The van der Waals surface area contributed by atoms with Crippen LogP contribution in [0.3, 0.4) is 0 Å². The molecule has 1 amide bonds. The summed E-state index contributed by atoms with van der Waals surface area (Å²) in [5.74, 6) is 1.67. The van der Waals surface area contributed by atoms with E-state index in [-0.39, 0.29) is 0 Å². The highest BCUT2D eigenvalue weighted by atomic mass is 16.5. The van der Waals surface area contributed by atoms with Crippen LogP contribution >= 0.6 is 0 Å². The lowest BCUT2D eigenvalue weighted by Crippen LogP contribution is -2.44. The van der Waals surface area contributed by atoms with Crippen molar-refractivity contribution < 1.29 is 9.53 Å². The third kappa shape index (κ3) is 3.18. The van der Waals surface area contributed by atoms with E-state index in [9.17, 15) is 4.79 Å². The molecule has 1 atom stereocenters. The lowest BCUT2D eigenvalue weighted by atomic mass is 9.76. The van der Waals surface area contributed by atoms with Crippen molar-refractivity contribution >= 4 is 5.91 Å². The van der Waals surface area contributed by atoms with Gasteiger partial charge < -0.3 is 14.5 Å². The van der Waals surface area contributed by atoms with Gasteiger partial charge >= 0.3 is 0 Å². The SMILES string of the molecule is CN1CC2(CCN(C(=O)C3CC3)CC2)C[C@H]1COCC1CC1. The van der Waals surface area contributed by atoms with E-state index in [0.717, 1.165) is 45.1 Å². The standard InChI is InChI=1S/C18H30N2O2/c1-19-13-18(10-16(19)12-22-11-14-2-3-14)6-8-20(9-7-18)17(21)15-4-5-15/h14-16H,2-13H2,1H3/t16-/m0/s1. The van der Waals surface area contributed by atoms with Crippen LogP contribution in [0, 0.1) is 17.3 Å². The topological polar surface area (TPSA) is 32.8 Å². The van der Waals surface area contributed by atoms with Crippen LogP contribution in [-0.2, 0) is 9.53 Å². The first-order valence-corrected chi connectivity index (χ1v) is 9.22. The third-order valence-corrected chi connectivity index (χ3v) is 6.30. The monoisotopic (exact) mass is 306 g/mol. The van der Waals surface area contributed by atoms with E-state index in [1.807, 2.05) is 0 Å². The van der Waals surface area contributed by atoms with Gasteiger partial charge in [0.15, 0.2) is 0 Å². The van der Waals surface area contributed by atoms with Gasteiger partial charge in [-0.15, -0.1) is 0 Å². The van der Waals surface area contributed by atoms with Crippen molar-refractivity contribution in [2.75, 3.05) is 39.9 Å². The van der Waals surface area contributed by atoms with Crippen LogP contribution in [0.2, 0.25) is 0 Å². The zero-order valence-corrected chi connectivity index (χ0v) is 13.9. The summed E-state index contributed by atoms with van der Waals surface area (Å²) in [5.41, 5.74) is 0.447. The number of likely N-dealkylation sites (N-methyl/N-ethyl adjacent to an activating group) is 1. The average molecular weight is 306 g/mol. The minimum atomic E-state index is 0.379. The smallest absolute Gasteiger partial charge is 0.225 e. The molecule has 2 aliphatic carbocycles. The van der Waals surface area contributed by atoms with Gasteiger partial charge in [0.1, 0.15) is 0 Å². The molecular formula is C18H30N2O2. The molecule has 2 aliphatic heterocycles. The minimum Gasteiger partial charge on any atom is -0.380 e. The number of carbonyl (C=O) groups is 1. The summed E-state index contributed by atoms with van der Waals surface area (Å²) in [5, 5.41) is 0. The molecule has 0 radical (unpaired) electrons. The molecule has 0 N–H and O–H groups in total. The number of likely N-dealkylation sites (tertiary alicyclic amines) is 2. The van der Waals surface area contributed by atoms with Crippen molar-refractivity contribution in [3.63, 3.8) is 0 Å². The van der Waals surface area contributed by atoms with Crippen molar-refractivity contribution in [1.82, 2.24) is 9.80 Å². The maximum absolute atomic E-state index is 12.2. The van der Waals surface area contributed by atoms with Gasteiger partial charge in [0.05, 0.1) is 6.61 Å². The van der Waals surface area contributed by atoms with Crippen molar-refractivity contribution in [1.29, 1.82) is 0 Å². The van der Waals surface area contributed by atoms with E-state index in [2.05, 4.69) is 16.8 Å². The van der Waals surface area contributed by atoms with Gasteiger partial charge in [-0.1, -0.05) is 0 Å². The van der Waals surface area contributed by atoms with Gasteiger partial charge in [0.25, 0.3) is 0 Å². The lowest BCUT2D eigenvalue weighted by molar-refractivity contribution is -0.134. The number of piperidine rings is 1. The van der Waals surface area contributed by atoms with Gasteiger partial charge in [0, 0.05) is 38.2 Å². The van der Waals surface area contributed by atoms with Crippen LogP contribution < -0.4 is 0 Å². The van der Waals surface area contributed by atoms with E-state index in [0.29, 0.717) is 23.3 Å². The fourth-order valence-corrected chi connectivity index (χ4v) is 4.37. The van der Waals surface area contributed by atoms with E-state index in [1.165, 1.54) is 38.6 Å². The predicted octanol–water partition coefficient (Wildman–Crippen LogP) is 2.14. The Labute approximate surface area is 134 Å². The molecule has 2 heterocycles. The first kappa shape index (κ1) is 14.9. The summed E-state index contributed by atoms with van der Waals surface area (Å²) >= 11 is 0. The van der Waals surface area contributed by atoms with Crippen molar-refractivity contribution in [3.8, 4) is 0 Å².